The van der Waals surface area contributed by atoms with Crippen molar-refractivity contribution in [3.8, 4) is 0 Å². The van der Waals surface area contributed by atoms with Crippen molar-refractivity contribution in [2.45, 2.75) is 12.6 Å². The molecular weight excluding hydrogens is 395 g/mol. The molecule has 0 atom stereocenters. The quantitative estimate of drug-likeness (QED) is 0.778. The van der Waals surface area contributed by atoms with Gasteiger partial charge in [-0.1, -0.05) is 0 Å². The van der Waals surface area contributed by atoms with Gasteiger partial charge >= 0.3 is 6.18 Å². The van der Waals surface area contributed by atoms with Crippen LogP contribution in [0.1, 0.15) is 12.0 Å². The van der Waals surface area contributed by atoms with Gasteiger partial charge in [0.1, 0.15) is 5.82 Å². The van der Waals surface area contributed by atoms with Gasteiger partial charge in [-0.25, -0.2) is 13.8 Å². The van der Waals surface area contributed by atoms with E-state index < -0.39 is 23.4 Å². The zero-order chi connectivity index (χ0) is 21.0. The monoisotopic (exact) mass is 414 g/mol. The summed E-state index contributed by atoms with van der Waals surface area (Å²) >= 11 is 0. The number of anilines is 2. The fraction of sp³-hybridized carbons (Fsp3) is 0.368. The molecule has 0 bridgehead atoms. The van der Waals surface area contributed by atoms with Gasteiger partial charge in [0, 0.05) is 44.1 Å². The highest BCUT2D eigenvalue weighted by Gasteiger charge is 2.31. The molecule has 10 heteroatoms. The first-order valence-corrected chi connectivity index (χ1v) is 8.98. The minimum Gasteiger partial charge on any atom is -0.355 e. The van der Waals surface area contributed by atoms with E-state index in [1.165, 1.54) is 12.1 Å². The topological polar surface area (TPSA) is 48.5 Å². The molecule has 2 aromatic rings. The summed E-state index contributed by atoms with van der Waals surface area (Å²) in [7, 11) is 0. The molecule has 1 saturated heterocycles. The van der Waals surface area contributed by atoms with Crippen LogP contribution >= 0.6 is 0 Å². The number of aromatic nitrogens is 1. The Hall–Kier alpha value is -2.75. The smallest absolute Gasteiger partial charge is 0.355 e. The second kappa shape index (κ2) is 8.73. The average molecular weight is 414 g/mol. The van der Waals surface area contributed by atoms with Gasteiger partial charge in [0.2, 0.25) is 5.91 Å². The highest BCUT2D eigenvalue weighted by molar-refractivity contribution is 5.92. The minimum absolute atomic E-state index is 0.0628. The number of pyridine rings is 1. The average Bonchev–Trinajstić information content (AvgIpc) is 2.90. The Bertz CT molecular complexity index is 857. The van der Waals surface area contributed by atoms with Crippen molar-refractivity contribution in [2.75, 3.05) is 42.9 Å². The Morgan fingerprint density at radius 3 is 2.48 bits per heavy atom. The van der Waals surface area contributed by atoms with Gasteiger partial charge < -0.3 is 10.2 Å². The van der Waals surface area contributed by atoms with Crippen LogP contribution in [0.4, 0.5) is 33.5 Å². The van der Waals surface area contributed by atoms with Crippen molar-refractivity contribution in [1.29, 1.82) is 0 Å². The maximum absolute atomic E-state index is 13.2. The molecule has 1 N–H and O–H groups in total. The van der Waals surface area contributed by atoms with Crippen molar-refractivity contribution in [1.82, 2.24) is 9.88 Å². The number of carbonyl (C=O) groups excluding carboxylic acids is 1. The number of rotatable bonds is 4. The van der Waals surface area contributed by atoms with Gasteiger partial charge in [0.15, 0.2) is 11.6 Å². The second-order valence-corrected chi connectivity index (χ2v) is 6.70. The van der Waals surface area contributed by atoms with Crippen LogP contribution in [-0.4, -0.2) is 48.5 Å². The molecule has 0 radical (unpaired) electrons. The van der Waals surface area contributed by atoms with E-state index in [9.17, 15) is 26.7 Å². The largest absolute Gasteiger partial charge is 0.417 e. The summed E-state index contributed by atoms with van der Waals surface area (Å²) in [6.07, 6.45) is -2.92. The first kappa shape index (κ1) is 21.0. The summed E-state index contributed by atoms with van der Waals surface area (Å²) in [6, 6.07) is 5.46. The fourth-order valence-electron chi connectivity index (χ4n) is 3.08. The number of amides is 1. The van der Waals surface area contributed by atoms with Crippen molar-refractivity contribution >= 4 is 17.4 Å². The maximum Gasteiger partial charge on any atom is 0.417 e. The molecule has 1 aromatic carbocycles. The predicted octanol–water partition coefficient (Wildman–Crippen LogP) is 3.53. The van der Waals surface area contributed by atoms with E-state index in [0.717, 1.165) is 24.4 Å². The van der Waals surface area contributed by atoms with Gasteiger partial charge in [0.25, 0.3) is 0 Å². The van der Waals surface area contributed by atoms with Gasteiger partial charge in [-0.15, -0.1) is 0 Å². The normalized spacial score (nSPS) is 15.8. The Kier molecular flexibility index (Phi) is 6.31. The van der Waals surface area contributed by atoms with E-state index in [1.807, 2.05) is 9.80 Å². The highest BCUT2D eigenvalue weighted by atomic mass is 19.4. The van der Waals surface area contributed by atoms with Crippen molar-refractivity contribution in [3.63, 3.8) is 0 Å². The van der Waals surface area contributed by atoms with E-state index in [1.54, 1.807) is 0 Å². The van der Waals surface area contributed by atoms with E-state index >= 15 is 0 Å². The predicted molar refractivity (Wildman–Crippen MR) is 97.5 cm³/mol. The first-order chi connectivity index (χ1) is 13.7. The number of nitrogens with zero attached hydrogens (tertiary/aromatic N) is 3. The molecule has 3 rings (SSSR count). The molecule has 0 aliphatic carbocycles. The first-order valence-electron chi connectivity index (χ1n) is 8.98. The lowest BCUT2D eigenvalue weighted by molar-refractivity contribution is -0.137. The zero-order valence-corrected chi connectivity index (χ0v) is 15.3. The number of hydrogen-bond donors (Lipinski definition) is 1. The molecule has 0 saturated carbocycles. The van der Waals surface area contributed by atoms with Gasteiger partial charge in [-0.3, -0.25) is 9.69 Å². The number of halogens is 5. The molecule has 5 nitrogen and oxygen atoms in total. The molecule has 0 spiro atoms. The third-order valence-corrected chi connectivity index (χ3v) is 4.56. The lowest BCUT2D eigenvalue weighted by atomic mass is 10.2. The number of nitrogens with one attached hydrogen (secondary N) is 1. The van der Waals surface area contributed by atoms with Crippen LogP contribution in [0.15, 0.2) is 36.5 Å². The number of benzene rings is 1. The van der Waals surface area contributed by atoms with Crippen LogP contribution in [0.2, 0.25) is 0 Å². The Morgan fingerprint density at radius 1 is 1.03 bits per heavy atom. The van der Waals surface area contributed by atoms with E-state index in [0.29, 0.717) is 38.4 Å². The van der Waals surface area contributed by atoms with Crippen molar-refractivity contribution in [3.05, 3.63) is 53.7 Å². The number of alkyl halides is 3. The van der Waals surface area contributed by atoms with Crippen molar-refractivity contribution in [2.24, 2.45) is 0 Å². The van der Waals surface area contributed by atoms with Gasteiger partial charge in [-0.2, -0.15) is 13.2 Å². The van der Waals surface area contributed by atoms with E-state index in [2.05, 4.69) is 10.3 Å². The zero-order valence-electron chi connectivity index (χ0n) is 15.3. The third-order valence-electron chi connectivity index (χ3n) is 4.56. The Labute approximate surface area is 164 Å². The maximum atomic E-state index is 13.2. The fourth-order valence-corrected chi connectivity index (χ4v) is 3.08. The van der Waals surface area contributed by atoms with Gasteiger partial charge in [-0.05, 0) is 30.7 Å². The molecule has 1 aliphatic heterocycles. The lowest BCUT2D eigenvalue weighted by Crippen LogP contribution is -2.36. The van der Waals surface area contributed by atoms with Crippen LogP contribution in [0.3, 0.4) is 0 Å². The van der Waals surface area contributed by atoms with E-state index in [4.69, 9.17) is 0 Å². The molecule has 1 aromatic heterocycles. The molecule has 1 amide bonds. The number of hydrogen-bond acceptors (Lipinski definition) is 4. The summed E-state index contributed by atoms with van der Waals surface area (Å²) in [4.78, 5) is 19.8. The molecular formula is C19H19F5N4O. The Balaban J connectivity index is 1.54. The van der Waals surface area contributed by atoms with E-state index in [-0.39, 0.29) is 18.1 Å². The summed E-state index contributed by atoms with van der Waals surface area (Å²) < 4.78 is 64.2. The Morgan fingerprint density at radius 2 is 1.83 bits per heavy atom. The van der Waals surface area contributed by atoms with Gasteiger partial charge in [0.05, 0.1) is 12.1 Å². The lowest BCUT2D eigenvalue weighted by Gasteiger charge is -2.22. The minimum atomic E-state index is -4.43. The summed E-state index contributed by atoms with van der Waals surface area (Å²) in [5, 5.41) is 2.52. The van der Waals surface area contributed by atoms with Crippen LogP contribution < -0.4 is 10.2 Å². The molecule has 156 valence electrons. The molecule has 0 unspecified atom stereocenters. The molecule has 1 aliphatic rings. The SMILES string of the molecule is O=C(CN1CCCN(c2ccc(C(F)(F)F)cn2)CC1)Nc1ccc(F)c(F)c1. The van der Waals surface area contributed by atoms with Crippen LogP contribution in [0.5, 0.6) is 0 Å². The van der Waals surface area contributed by atoms with Crippen molar-refractivity contribution < 1.29 is 26.7 Å². The third kappa shape index (κ3) is 5.63. The standard InChI is InChI=1S/C19H19F5N4O/c20-15-4-3-14(10-16(15)21)26-18(29)12-27-6-1-7-28(9-8-27)17-5-2-13(11-25-17)19(22,23)24/h2-5,10-11H,1,6-9,12H2,(H,26,29). The second-order valence-electron chi connectivity index (χ2n) is 6.70. The summed E-state index contributed by atoms with van der Waals surface area (Å²) in [5.41, 5.74) is -0.633. The number of carbonyl (C=O) groups is 1. The van der Waals surface area contributed by atoms with Crippen LogP contribution in [-0.2, 0) is 11.0 Å². The molecule has 2 heterocycles. The van der Waals surface area contributed by atoms with Crippen LogP contribution in [0, 0.1) is 11.6 Å². The highest BCUT2D eigenvalue weighted by Crippen LogP contribution is 2.29. The van der Waals surface area contributed by atoms with Crippen LogP contribution in [0.25, 0.3) is 0 Å². The summed E-state index contributed by atoms with van der Waals surface area (Å²) in [6.45, 7) is 2.28. The summed E-state index contributed by atoms with van der Waals surface area (Å²) in [5.74, 6) is -1.95. The molecule has 1 fully saturated rings. The molecule has 29 heavy (non-hydrogen) atoms.